The summed E-state index contributed by atoms with van der Waals surface area (Å²) in [4.78, 5) is 14.3. The van der Waals surface area contributed by atoms with E-state index in [1.54, 1.807) is 0 Å². The smallest absolute Gasteiger partial charge is 0.241 e. The van der Waals surface area contributed by atoms with E-state index in [4.69, 9.17) is 4.74 Å². The molecule has 0 radical (unpaired) electrons. The third kappa shape index (κ3) is 4.77. The lowest BCUT2D eigenvalue weighted by molar-refractivity contribution is -0.131. The summed E-state index contributed by atoms with van der Waals surface area (Å²) >= 11 is 0. The molecule has 1 saturated heterocycles. The largest absolute Gasteiger partial charge is 0.381 e. The van der Waals surface area contributed by atoms with Crippen LogP contribution in [0, 0.1) is 11.8 Å². The van der Waals surface area contributed by atoms with E-state index < -0.39 is 0 Å². The maximum Gasteiger partial charge on any atom is 0.241 e. The van der Waals surface area contributed by atoms with Crippen LogP contribution in [0.15, 0.2) is 0 Å². The molecule has 0 aromatic heterocycles. The lowest BCUT2D eigenvalue weighted by Gasteiger charge is -2.23. The number of carbonyl (C=O) groups is 1. The Kier molecular flexibility index (Phi) is 6.80. The molecule has 1 fully saturated rings. The predicted molar refractivity (Wildman–Crippen MR) is 77.8 cm³/mol. The summed E-state index contributed by atoms with van der Waals surface area (Å²) in [6.45, 7) is 12.9. The maximum atomic E-state index is 12.3. The van der Waals surface area contributed by atoms with Crippen LogP contribution in [0.4, 0.5) is 0 Å². The quantitative estimate of drug-likeness (QED) is 0.688. The van der Waals surface area contributed by atoms with Gasteiger partial charge in [0.1, 0.15) is 0 Å². The minimum atomic E-state index is -0.0125. The third-order valence-electron chi connectivity index (χ3n) is 3.49. The highest BCUT2D eigenvalue weighted by atomic mass is 16.5. The zero-order chi connectivity index (χ0) is 14.4. The molecule has 1 N–H and O–H groups in total. The van der Waals surface area contributed by atoms with E-state index in [0.717, 1.165) is 32.6 Å². The second-order valence-electron chi connectivity index (χ2n) is 6.17. The molecule has 4 heteroatoms. The number of hydrogen-bond acceptors (Lipinski definition) is 3. The van der Waals surface area contributed by atoms with Gasteiger partial charge in [-0.15, -0.1) is 0 Å². The molecule has 0 saturated carbocycles. The fraction of sp³-hybridized carbons (Fsp3) is 0.933. The van der Waals surface area contributed by atoms with Crippen molar-refractivity contribution in [3.05, 3.63) is 0 Å². The Balaban J connectivity index is 2.36. The van der Waals surface area contributed by atoms with Crippen molar-refractivity contribution >= 4 is 5.91 Å². The van der Waals surface area contributed by atoms with Crippen molar-refractivity contribution in [1.82, 2.24) is 10.2 Å². The number of carbonyl (C=O) groups excluding carboxylic acids is 1. The average molecular weight is 270 g/mol. The minimum Gasteiger partial charge on any atom is -0.381 e. The number of rotatable bonds is 8. The van der Waals surface area contributed by atoms with E-state index in [1.165, 1.54) is 0 Å². The first-order chi connectivity index (χ1) is 8.97. The molecule has 0 aliphatic carbocycles. The summed E-state index contributed by atoms with van der Waals surface area (Å²) in [6, 6.07) is -0.0125. The molecule has 4 nitrogen and oxygen atoms in total. The summed E-state index contributed by atoms with van der Waals surface area (Å²) in [7, 11) is 0. The fourth-order valence-corrected chi connectivity index (χ4v) is 2.44. The number of amides is 1. The average Bonchev–Trinajstić information content (AvgIpc) is 2.66. The predicted octanol–water partition coefficient (Wildman–Crippen LogP) is 2.24. The van der Waals surface area contributed by atoms with Crippen LogP contribution in [0.1, 0.15) is 47.5 Å². The van der Waals surface area contributed by atoms with Gasteiger partial charge in [-0.05, 0) is 24.7 Å². The first kappa shape index (κ1) is 16.4. The Morgan fingerprint density at radius 1 is 1.32 bits per heavy atom. The molecular weight excluding hydrogens is 240 g/mol. The van der Waals surface area contributed by atoms with E-state index in [0.29, 0.717) is 11.8 Å². The minimum absolute atomic E-state index is 0.0125. The highest BCUT2D eigenvalue weighted by Gasteiger charge is 2.38. The zero-order valence-electron chi connectivity index (χ0n) is 13.1. The van der Waals surface area contributed by atoms with Gasteiger partial charge in [-0.3, -0.25) is 10.1 Å². The van der Waals surface area contributed by atoms with Crippen LogP contribution < -0.4 is 5.32 Å². The summed E-state index contributed by atoms with van der Waals surface area (Å²) in [5, 5.41) is 3.43. The molecular formula is C15H30N2O2. The molecule has 2 atom stereocenters. The van der Waals surface area contributed by atoms with Gasteiger partial charge in [0, 0.05) is 19.8 Å². The van der Waals surface area contributed by atoms with Crippen molar-refractivity contribution in [1.29, 1.82) is 0 Å². The second-order valence-corrected chi connectivity index (χ2v) is 6.17. The van der Waals surface area contributed by atoms with Crippen molar-refractivity contribution in [2.75, 3.05) is 19.8 Å². The zero-order valence-corrected chi connectivity index (χ0v) is 13.1. The molecule has 1 aliphatic heterocycles. The van der Waals surface area contributed by atoms with Crippen molar-refractivity contribution < 1.29 is 9.53 Å². The van der Waals surface area contributed by atoms with Gasteiger partial charge in [-0.1, -0.05) is 34.6 Å². The van der Waals surface area contributed by atoms with Crippen LogP contribution in [0.5, 0.6) is 0 Å². The van der Waals surface area contributed by atoms with Crippen molar-refractivity contribution in [3.8, 4) is 0 Å². The Labute approximate surface area is 117 Å². The summed E-state index contributed by atoms with van der Waals surface area (Å²) in [5.74, 6) is 1.18. The summed E-state index contributed by atoms with van der Waals surface area (Å²) in [5.41, 5.74) is 0. The first-order valence-corrected chi connectivity index (χ1v) is 7.61. The second kappa shape index (κ2) is 7.85. The third-order valence-corrected chi connectivity index (χ3v) is 3.49. The van der Waals surface area contributed by atoms with E-state index in [-0.39, 0.29) is 18.1 Å². The van der Waals surface area contributed by atoms with E-state index >= 15 is 0 Å². The summed E-state index contributed by atoms with van der Waals surface area (Å²) in [6.07, 6.45) is 2.08. The Bertz CT molecular complexity index is 279. The summed E-state index contributed by atoms with van der Waals surface area (Å²) < 4.78 is 5.57. The van der Waals surface area contributed by atoms with Gasteiger partial charge in [-0.2, -0.15) is 0 Å². The van der Waals surface area contributed by atoms with Crippen molar-refractivity contribution in [2.24, 2.45) is 11.8 Å². The number of ether oxygens (including phenoxy) is 1. The monoisotopic (exact) mass is 270 g/mol. The molecule has 1 aliphatic rings. The van der Waals surface area contributed by atoms with Crippen LogP contribution in [-0.2, 0) is 9.53 Å². The topological polar surface area (TPSA) is 41.6 Å². The molecule has 1 amide bonds. The molecule has 112 valence electrons. The van der Waals surface area contributed by atoms with Gasteiger partial charge in [-0.25, -0.2) is 0 Å². The van der Waals surface area contributed by atoms with E-state index in [2.05, 4.69) is 39.9 Å². The van der Waals surface area contributed by atoms with Gasteiger partial charge in [0.25, 0.3) is 0 Å². The molecule has 0 bridgehead atoms. The van der Waals surface area contributed by atoms with Crippen LogP contribution in [0.2, 0.25) is 0 Å². The molecule has 0 aromatic carbocycles. The Hall–Kier alpha value is -0.610. The van der Waals surface area contributed by atoms with Crippen LogP contribution in [-0.4, -0.2) is 42.8 Å². The van der Waals surface area contributed by atoms with E-state index in [9.17, 15) is 4.79 Å². The maximum absolute atomic E-state index is 12.3. The number of nitrogens with zero attached hydrogens (tertiary/aromatic N) is 1. The first-order valence-electron chi connectivity index (χ1n) is 7.61. The van der Waals surface area contributed by atoms with Crippen LogP contribution >= 0.6 is 0 Å². The molecule has 0 spiro atoms. The van der Waals surface area contributed by atoms with Crippen LogP contribution in [0.3, 0.4) is 0 Å². The van der Waals surface area contributed by atoms with Crippen molar-refractivity contribution in [3.63, 3.8) is 0 Å². The van der Waals surface area contributed by atoms with Gasteiger partial charge < -0.3 is 9.64 Å². The lowest BCUT2D eigenvalue weighted by atomic mass is 10.1. The lowest BCUT2D eigenvalue weighted by Crippen LogP contribution is -2.37. The van der Waals surface area contributed by atoms with Gasteiger partial charge in [0.2, 0.25) is 5.91 Å². The van der Waals surface area contributed by atoms with Gasteiger partial charge in [0.05, 0.1) is 12.2 Å². The molecule has 1 rings (SSSR count). The van der Waals surface area contributed by atoms with Crippen LogP contribution in [0.25, 0.3) is 0 Å². The van der Waals surface area contributed by atoms with E-state index in [1.807, 2.05) is 4.90 Å². The Morgan fingerprint density at radius 3 is 2.53 bits per heavy atom. The van der Waals surface area contributed by atoms with Gasteiger partial charge >= 0.3 is 0 Å². The van der Waals surface area contributed by atoms with Gasteiger partial charge in [0.15, 0.2) is 0 Å². The normalized spacial score (nSPS) is 23.9. The molecule has 0 aromatic rings. The highest BCUT2D eigenvalue weighted by molar-refractivity contribution is 5.84. The molecule has 19 heavy (non-hydrogen) atoms. The van der Waals surface area contributed by atoms with Crippen molar-refractivity contribution in [2.45, 2.75) is 59.7 Å². The Morgan fingerprint density at radius 2 is 2.00 bits per heavy atom. The molecule has 1 heterocycles. The number of nitrogens with one attached hydrogen (secondary N) is 1. The molecule has 2 unspecified atom stereocenters. The number of hydrogen-bond donors (Lipinski definition) is 1. The highest BCUT2D eigenvalue weighted by Crippen LogP contribution is 2.19. The standard InChI is InChI=1S/C15H30N2O2/c1-6-13-16-14(12(4)5)15(18)17(13)8-7-9-19-10-11(2)3/h11-14,16H,6-10H2,1-5H3. The SMILES string of the molecule is CCC1NC(C(C)C)C(=O)N1CCCOCC(C)C. The fourth-order valence-electron chi connectivity index (χ4n) is 2.44.